The SMILES string of the molecule is CC(C)C[C@@H](O)/C=C/C(C)(C)C. The first-order valence-electron chi connectivity index (χ1n) is 4.68. The molecule has 0 aliphatic rings. The molecule has 1 atom stereocenters. The predicted molar refractivity (Wildman–Crippen MR) is 54.1 cm³/mol. The Hall–Kier alpha value is -0.300. The number of rotatable bonds is 3. The molecular weight excluding hydrogens is 148 g/mol. The van der Waals surface area contributed by atoms with Gasteiger partial charge in [0, 0.05) is 0 Å². The van der Waals surface area contributed by atoms with Gasteiger partial charge in [-0.1, -0.05) is 46.8 Å². The van der Waals surface area contributed by atoms with Gasteiger partial charge in [-0.3, -0.25) is 0 Å². The maximum absolute atomic E-state index is 9.50. The van der Waals surface area contributed by atoms with E-state index in [1.54, 1.807) is 0 Å². The monoisotopic (exact) mass is 170 g/mol. The van der Waals surface area contributed by atoms with E-state index in [1.807, 2.05) is 6.08 Å². The van der Waals surface area contributed by atoms with Crippen molar-refractivity contribution >= 4 is 0 Å². The molecule has 0 aromatic heterocycles. The standard InChI is InChI=1S/C11H22O/c1-9(2)8-10(12)6-7-11(3,4)5/h6-7,9-10,12H,8H2,1-5H3/b7-6+/t10-/m0/s1. The van der Waals surface area contributed by atoms with Crippen molar-refractivity contribution in [2.45, 2.75) is 47.1 Å². The molecule has 0 spiro atoms. The van der Waals surface area contributed by atoms with E-state index in [2.05, 4.69) is 40.7 Å². The Morgan fingerprint density at radius 1 is 1.25 bits per heavy atom. The normalized spacial score (nSPS) is 15.9. The molecule has 0 rings (SSSR count). The summed E-state index contributed by atoms with van der Waals surface area (Å²) in [4.78, 5) is 0. The molecule has 1 N–H and O–H groups in total. The van der Waals surface area contributed by atoms with Crippen LogP contribution in [0.3, 0.4) is 0 Å². The number of hydrogen-bond donors (Lipinski definition) is 1. The molecule has 0 radical (unpaired) electrons. The molecule has 0 aliphatic heterocycles. The lowest BCUT2D eigenvalue weighted by Crippen LogP contribution is -2.08. The number of aliphatic hydroxyl groups excluding tert-OH is 1. The molecule has 0 aromatic carbocycles. The van der Waals surface area contributed by atoms with E-state index < -0.39 is 0 Å². The second kappa shape index (κ2) is 4.66. The molecule has 0 bridgehead atoms. The summed E-state index contributed by atoms with van der Waals surface area (Å²) in [5.74, 6) is 0.560. The van der Waals surface area contributed by atoms with Crippen LogP contribution in [-0.4, -0.2) is 11.2 Å². The van der Waals surface area contributed by atoms with E-state index in [0.717, 1.165) is 6.42 Å². The first-order valence-corrected chi connectivity index (χ1v) is 4.68. The van der Waals surface area contributed by atoms with Gasteiger partial charge in [0.05, 0.1) is 6.10 Å². The van der Waals surface area contributed by atoms with Gasteiger partial charge in [-0.05, 0) is 17.8 Å². The maximum atomic E-state index is 9.50. The van der Waals surface area contributed by atoms with Crippen molar-refractivity contribution < 1.29 is 5.11 Å². The van der Waals surface area contributed by atoms with Crippen LogP contribution in [0.1, 0.15) is 41.0 Å². The van der Waals surface area contributed by atoms with E-state index in [4.69, 9.17) is 0 Å². The van der Waals surface area contributed by atoms with Crippen LogP contribution in [0.2, 0.25) is 0 Å². The summed E-state index contributed by atoms with van der Waals surface area (Å²) < 4.78 is 0. The highest BCUT2D eigenvalue weighted by Crippen LogP contribution is 2.16. The van der Waals surface area contributed by atoms with E-state index >= 15 is 0 Å². The molecule has 0 saturated carbocycles. The van der Waals surface area contributed by atoms with Gasteiger partial charge >= 0.3 is 0 Å². The fourth-order valence-corrected chi connectivity index (χ4v) is 0.961. The summed E-state index contributed by atoms with van der Waals surface area (Å²) in [6.07, 6.45) is 4.55. The average molecular weight is 170 g/mol. The third-order valence-electron chi connectivity index (χ3n) is 1.53. The lowest BCUT2D eigenvalue weighted by Gasteiger charge is -2.14. The fourth-order valence-electron chi connectivity index (χ4n) is 0.961. The van der Waals surface area contributed by atoms with E-state index in [0.29, 0.717) is 5.92 Å². The lowest BCUT2D eigenvalue weighted by molar-refractivity contribution is 0.193. The second-order valence-electron chi connectivity index (χ2n) is 4.92. The Kier molecular flexibility index (Phi) is 4.54. The third kappa shape index (κ3) is 7.80. The van der Waals surface area contributed by atoms with Crippen LogP contribution in [-0.2, 0) is 0 Å². The van der Waals surface area contributed by atoms with Crippen LogP contribution < -0.4 is 0 Å². The summed E-state index contributed by atoms with van der Waals surface area (Å²) in [5, 5.41) is 9.50. The molecule has 1 heteroatoms. The van der Waals surface area contributed by atoms with Gasteiger partial charge in [0.1, 0.15) is 0 Å². The Morgan fingerprint density at radius 2 is 1.75 bits per heavy atom. The van der Waals surface area contributed by atoms with Crippen molar-refractivity contribution in [3.8, 4) is 0 Å². The summed E-state index contributed by atoms with van der Waals surface area (Å²) in [6, 6.07) is 0. The minimum Gasteiger partial charge on any atom is -0.389 e. The Balaban J connectivity index is 3.83. The van der Waals surface area contributed by atoms with Gasteiger partial charge in [-0.25, -0.2) is 0 Å². The fraction of sp³-hybridized carbons (Fsp3) is 0.818. The minimum absolute atomic E-state index is 0.179. The van der Waals surface area contributed by atoms with Crippen LogP contribution in [0, 0.1) is 11.3 Å². The summed E-state index contributed by atoms with van der Waals surface area (Å²) in [7, 11) is 0. The second-order valence-corrected chi connectivity index (χ2v) is 4.92. The summed E-state index contributed by atoms with van der Waals surface area (Å²) >= 11 is 0. The van der Waals surface area contributed by atoms with Gasteiger partial charge in [-0.2, -0.15) is 0 Å². The van der Waals surface area contributed by atoms with Crippen LogP contribution >= 0.6 is 0 Å². The highest BCUT2D eigenvalue weighted by Gasteiger charge is 2.07. The third-order valence-corrected chi connectivity index (χ3v) is 1.53. The molecule has 0 aromatic rings. The van der Waals surface area contributed by atoms with Gasteiger partial charge in [-0.15, -0.1) is 0 Å². The van der Waals surface area contributed by atoms with E-state index in [-0.39, 0.29) is 11.5 Å². The largest absolute Gasteiger partial charge is 0.389 e. The van der Waals surface area contributed by atoms with Crippen molar-refractivity contribution in [1.29, 1.82) is 0 Å². The van der Waals surface area contributed by atoms with Crippen LogP contribution in [0.25, 0.3) is 0 Å². The topological polar surface area (TPSA) is 20.2 Å². The predicted octanol–water partition coefficient (Wildman–Crippen LogP) is 3.00. The molecule has 0 unspecified atom stereocenters. The Morgan fingerprint density at radius 3 is 2.08 bits per heavy atom. The molecule has 72 valence electrons. The van der Waals surface area contributed by atoms with Gasteiger partial charge < -0.3 is 5.11 Å². The molecular formula is C11H22O. The van der Waals surface area contributed by atoms with Gasteiger partial charge in [0.25, 0.3) is 0 Å². The number of hydrogen-bond acceptors (Lipinski definition) is 1. The molecule has 1 nitrogen and oxygen atoms in total. The first kappa shape index (κ1) is 11.7. The van der Waals surface area contributed by atoms with Crippen molar-refractivity contribution in [3.63, 3.8) is 0 Å². The van der Waals surface area contributed by atoms with E-state index in [9.17, 15) is 5.11 Å². The van der Waals surface area contributed by atoms with Crippen molar-refractivity contribution in [2.24, 2.45) is 11.3 Å². The van der Waals surface area contributed by atoms with Gasteiger partial charge in [0.2, 0.25) is 0 Å². The van der Waals surface area contributed by atoms with Crippen LogP contribution in [0.15, 0.2) is 12.2 Å². The Labute approximate surface area is 76.5 Å². The molecule has 0 amide bonds. The highest BCUT2D eigenvalue weighted by atomic mass is 16.3. The lowest BCUT2D eigenvalue weighted by atomic mass is 9.94. The van der Waals surface area contributed by atoms with E-state index in [1.165, 1.54) is 0 Å². The van der Waals surface area contributed by atoms with Crippen molar-refractivity contribution in [3.05, 3.63) is 12.2 Å². The smallest absolute Gasteiger partial charge is 0.0723 e. The quantitative estimate of drug-likeness (QED) is 0.646. The Bertz CT molecular complexity index is 140. The minimum atomic E-state index is -0.274. The molecule has 0 saturated heterocycles. The zero-order chi connectivity index (χ0) is 9.78. The number of allylic oxidation sites excluding steroid dienone is 1. The van der Waals surface area contributed by atoms with Crippen LogP contribution in [0.4, 0.5) is 0 Å². The average Bonchev–Trinajstić information content (AvgIpc) is 1.80. The van der Waals surface area contributed by atoms with Gasteiger partial charge in [0.15, 0.2) is 0 Å². The zero-order valence-corrected chi connectivity index (χ0v) is 8.96. The number of aliphatic hydroxyl groups is 1. The highest BCUT2D eigenvalue weighted by molar-refractivity contribution is 4.96. The first-order chi connectivity index (χ1) is 5.31. The van der Waals surface area contributed by atoms with Crippen molar-refractivity contribution in [2.75, 3.05) is 0 Å². The molecule has 0 heterocycles. The molecule has 12 heavy (non-hydrogen) atoms. The van der Waals surface area contributed by atoms with Crippen molar-refractivity contribution in [1.82, 2.24) is 0 Å². The molecule has 0 aliphatic carbocycles. The summed E-state index contributed by atoms with van der Waals surface area (Å²) in [6.45, 7) is 10.6. The summed E-state index contributed by atoms with van der Waals surface area (Å²) in [5.41, 5.74) is 0.179. The zero-order valence-electron chi connectivity index (χ0n) is 8.96. The maximum Gasteiger partial charge on any atom is 0.0723 e. The molecule has 0 fully saturated rings. The van der Waals surface area contributed by atoms with Crippen LogP contribution in [0.5, 0.6) is 0 Å².